The molecule has 5 aromatic rings. The zero-order valence-corrected chi connectivity index (χ0v) is 21.7. The first-order chi connectivity index (χ1) is 19.6. The summed E-state index contributed by atoms with van der Waals surface area (Å²) in [4.78, 5) is 24.6. The molecule has 0 radical (unpaired) electrons. The predicted octanol–water partition coefficient (Wildman–Crippen LogP) is 3.70. The van der Waals surface area contributed by atoms with Crippen LogP contribution in [0.3, 0.4) is 0 Å². The topological polar surface area (TPSA) is 90.8 Å². The quantitative estimate of drug-likeness (QED) is 0.359. The number of aromatic amines is 1. The Bertz CT molecular complexity index is 1740. The number of piperazine rings is 1. The fraction of sp³-hybridized carbons (Fsp3) is 0.276. The molecule has 0 spiro atoms. The number of ether oxygens (including phenoxy) is 1. The van der Waals surface area contributed by atoms with Crippen LogP contribution in [0.4, 0.5) is 14.5 Å². The van der Waals surface area contributed by atoms with Gasteiger partial charge in [0.15, 0.2) is 11.6 Å². The molecule has 1 aromatic carbocycles. The standard InChI is InChI=1S/C29H27F2N7O2/c30-24-12-19(14-26(27(24)31)36-5-2-32-3-6-36)20-11-21-22(16-34-28(21)33-15-20)18-1-4-38-25(13-18)23(17-35-38)29(39)37-7-9-40-10-8-37/h1,4,11-17,32H,2-3,5-10H2,(H,33,34). The van der Waals surface area contributed by atoms with Gasteiger partial charge in [0.1, 0.15) is 5.65 Å². The molecular weight excluding hydrogens is 516 g/mol. The van der Waals surface area contributed by atoms with Gasteiger partial charge in [0.25, 0.3) is 5.91 Å². The number of pyridine rings is 2. The Balaban J connectivity index is 1.28. The number of benzene rings is 1. The van der Waals surface area contributed by atoms with Gasteiger partial charge < -0.3 is 24.8 Å². The van der Waals surface area contributed by atoms with Crippen LogP contribution in [-0.4, -0.2) is 82.9 Å². The number of morpholine rings is 1. The molecule has 2 aliphatic rings. The molecule has 2 fully saturated rings. The maximum Gasteiger partial charge on any atom is 0.257 e. The highest BCUT2D eigenvalue weighted by Gasteiger charge is 2.23. The summed E-state index contributed by atoms with van der Waals surface area (Å²) in [5.41, 5.74) is 5.15. The van der Waals surface area contributed by atoms with Crippen LogP contribution < -0.4 is 10.2 Å². The third-order valence-electron chi connectivity index (χ3n) is 7.69. The van der Waals surface area contributed by atoms with Crippen LogP contribution in [0.5, 0.6) is 0 Å². The maximum absolute atomic E-state index is 14.8. The largest absolute Gasteiger partial charge is 0.378 e. The van der Waals surface area contributed by atoms with Crippen molar-refractivity contribution in [1.29, 1.82) is 0 Å². The smallest absolute Gasteiger partial charge is 0.257 e. The third kappa shape index (κ3) is 4.27. The Morgan fingerprint density at radius 1 is 0.950 bits per heavy atom. The summed E-state index contributed by atoms with van der Waals surface area (Å²) in [6, 6.07) is 8.72. The average molecular weight is 544 g/mol. The summed E-state index contributed by atoms with van der Waals surface area (Å²) in [7, 11) is 0. The van der Waals surface area contributed by atoms with E-state index in [1.165, 1.54) is 6.07 Å². The predicted molar refractivity (Wildman–Crippen MR) is 147 cm³/mol. The Morgan fingerprint density at radius 3 is 2.60 bits per heavy atom. The van der Waals surface area contributed by atoms with Gasteiger partial charge in [0.2, 0.25) is 0 Å². The van der Waals surface area contributed by atoms with Gasteiger partial charge in [-0.2, -0.15) is 5.10 Å². The van der Waals surface area contributed by atoms with E-state index in [0.717, 1.165) is 16.5 Å². The minimum Gasteiger partial charge on any atom is -0.378 e. The molecule has 0 saturated carbocycles. The molecule has 4 aromatic heterocycles. The number of nitrogens with zero attached hydrogens (tertiary/aromatic N) is 5. The average Bonchev–Trinajstić information content (AvgIpc) is 3.62. The number of H-pyrrole nitrogens is 1. The van der Waals surface area contributed by atoms with Crippen LogP contribution >= 0.6 is 0 Å². The van der Waals surface area contributed by atoms with Gasteiger partial charge in [-0.15, -0.1) is 0 Å². The number of aromatic nitrogens is 4. The van der Waals surface area contributed by atoms with Crippen LogP contribution in [0, 0.1) is 11.6 Å². The van der Waals surface area contributed by atoms with E-state index in [0.29, 0.717) is 80.3 Å². The highest BCUT2D eigenvalue weighted by molar-refractivity contribution is 6.02. The number of carbonyl (C=O) groups excluding carboxylic acids is 1. The molecule has 2 N–H and O–H groups in total. The van der Waals surface area contributed by atoms with Crippen LogP contribution in [0.2, 0.25) is 0 Å². The van der Waals surface area contributed by atoms with Crippen molar-refractivity contribution >= 4 is 28.1 Å². The zero-order valence-electron chi connectivity index (χ0n) is 21.7. The minimum absolute atomic E-state index is 0.0723. The Labute approximate surface area is 228 Å². The number of anilines is 1. The number of fused-ring (bicyclic) bond motifs is 2. The monoisotopic (exact) mass is 543 g/mol. The Morgan fingerprint density at radius 2 is 1.77 bits per heavy atom. The second-order valence-corrected chi connectivity index (χ2v) is 10.1. The van der Waals surface area contributed by atoms with Crippen molar-refractivity contribution < 1.29 is 18.3 Å². The van der Waals surface area contributed by atoms with E-state index in [1.807, 2.05) is 35.5 Å². The molecule has 0 atom stereocenters. The molecule has 9 nitrogen and oxygen atoms in total. The zero-order chi connectivity index (χ0) is 27.2. The summed E-state index contributed by atoms with van der Waals surface area (Å²) < 4.78 is 36.6. The van der Waals surface area contributed by atoms with Gasteiger partial charge in [-0.25, -0.2) is 18.3 Å². The molecule has 0 aliphatic carbocycles. The van der Waals surface area contributed by atoms with Crippen molar-refractivity contribution in [3.05, 3.63) is 72.3 Å². The third-order valence-corrected chi connectivity index (χ3v) is 7.69. The van der Waals surface area contributed by atoms with Gasteiger partial charge in [0.05, 0.1) is 36.2 Å². The number of amides is 1. The second kappa shape index (κ2) is 10.00. The van der Waals surface area contributed by atoms with Crippen molar-refractivity contribution in [3.8, 4) is 22.3 Å². The minimum atomic E-state index is -0.885. The normalized spacial score (nSPS) is 16.2. The van der Waals surface area contributed by atoms with Crippen molar-refractivity contribution in [2.24, 2.45) is 0 Å². The molecule has 11 heteroatoms. The van der Waals surface area contributed by atoms with Crippen molar-refractivity contribution in [1.82, 2.24) is 29.8 Å². The molecule has 6 heterocycles. The van der Waals surface area contributed by atoms with Crippen molar-refractivity contribution in [2.45, 2.75) is 0 Å². The van der Waals surface area contributed by atoms with Gasteiger partial charge in [-0.3, -0.25) is 4.79 Å². The molecule has 204 valence electrons. The molecule has 40 heavy (non-hydrogen) atoms. The highest BCUT2D eigenvalue weighted by Crippen LogP contribution is 2.34. The van der Waals surface area contributed by atoms with Gasteiger partial charge >= 0.3 is 0 Å². The van der Waals surface area contributed by atoms with Gasteiger partial charge in [-0.05, 0) is 41.5 Å². The lowest BCUT2D eigenvalue weighted by Crippen LogP contribution is -2.44. The Kier molecular flexibility index (Phi) is 6.17. The van der Waals surface area contributed by atoms with E-state index in [9.17, 15) is 13.6 Å². The highest BCUT2D eigenvalue weighted by atomic mass is 19.2. The first-order valence-electron chi connectivity index (χ1n) is 13.3. The fourth-order valence-corrected chi connectivity index (χ4v) is 5.53. The summed E-state index contributed by atoms with van der Waals surface area (Å²) in [6.45, 7) is 4.78. The van der Waals surface area contributed by atoms with E-state index in [2.05, 4.69) is 20.4 Å². The van der Waals surface area contributed by atoms with Crippen LogP contribution in [0.1, 0.15) is 10.4 Å². The molecule has 0 unspecified atom stereocenters. The first kappa shape index (κ1) is 24.7. The number of halogens is 2. The fourth-order valence-electron chi connectivity index (χ4n) is 5.53. The van der Waals surface area contributed by atoms with E-state index in [4.69, 9.17) is 4.74 Å². The summed E-state index contributed by atoms with van der Waals surface area (Å²) in [5, 5.41) is 8.44. The lowest BCUT2D eigenvalue weighted by Gasteiger charge is -2.30. The lowest BCUT2D eigenvalue weighted by atomic mass is 10.0. The molecule has 7 rings (SSSR count). The van der Waals surface area contributed by atoms with Crippen LogP contribution in [0.25, 0.3) is 38.8 Å². The second-order valence-electron chi connectivity index (χ2n) is 10.1. The van der Waals surface area contributed by atoms with E-state index < -0.39 is 11.6 Å². The number of nitrogens with one attached hydrogen (secondary N) is 2. The molecule has 2 saturated heterocycles. The number of carbonyl (C=O) groups is 1. The summed E-state index contributed by atoms with van der Waals surface area (Å²) in [6.07, 6.45) is 6.96. The lowest BCUT2D eigenvalue weighted by molar-refractivity contribution is 0.0304. The van der Waals surface area contributed by atoms with E-state index >= 15 is 0 Å². The number of hydrogen-bond acceptors (Lipinski definition) is 6. The van der Waals surface area contributed by atoms with E-state index in [-0.39, 0.29) is 11.6 Å². The Hall–Kier alpha value is -4.35. The van der Waals surface area contributed by atoms with E-state index in [1.54, 1.807) is 27.9 Å². The molecule has 0 bridgehead atoms. The van der Waals surface area contributed by atoms with Crippen LogP contribution in [-0.2, 0) is 4.74 Å². The van der Waals surface area contributed by atoms with Gasteiger partial charge in [0, 0.05) is 74.4 Å². The molecule has 2 aliphatic heterocycles. The summed E-state index contributed by atoms with van der Waals surface area (Å²) in [5.74, 6) is -1.79. The van der Waals surface area contributed by atoms with Gasteiger partial charge in [-0.1, -0.05) is 0 Å². The van der Waals surface area contributed by atoms with Crippen molar-refractivity contribution in [2.75, 3.05) is 57.4 Å². The maximum atomic E-state index is 14.8. The molecular formula is C29H27F2N7O2. The number of rotatable bonds is 4. The SMILES string of the molecule is O=C(c1cnn2ccc(-c3c[nH]c4ncc(-c5cc(F)c(F)c(N6CCNCC6)c5)cc34)cc12)N1CCOCC1. The molecule has 1 amide bonds. The van der Waals surface area contributed by atoms with Crippen LogP contribution in [0.15, 0.2) is 55.1 Å². The summed E-state index contributed by atoms with van der Waals surface area (Å²) >= 11 is 0. The van der Waals surface area contributed by atoms with Crippen molar-refractivity contribution in [3.63, 3.8) is 0 Å². The first-order valence-corrected chi connectivity index (χ1v) is 13.3. The number of hydrogen-bond donors (Lipinski definition) is 2.